The van der Waals surface area contributed by atoms with Crippen LogP contribution in [0.15, 0.2) is 66.4 Å². The Labute approximate surface area is 305 Å². The average Bonchev–Trinajstić information content (AvgIpc) is 3.15. The normalized spacial score (nSPS) is 30.9. The largest absolute Gasteiger partial charge is 0.508 e. The predicted octanol–water partition coefficient (Wildman–Crippen LogP) is -0.757. The number of aliphatic hydroxyl groups is 7. The fraction of sp³-hybridized carbons (Fsp3) is 0.361. The number of hydrogen-bond acceptors (Lipinski definition) is 18. The number of phenolic OH excluding ortho intramolecular Hbond substituents is 4. The maximum absolute atomic E-state index is 12.5. The summed E-state index contributed by atoms with van der Waals surface area (Å²) < 4.78 is 34.5. The van der Waals surface area contributed by atoms with Gasteiger partial charge in [-0.15, -0.1) is 0 Å². The van der Waals surface area contributed by atoms with Gasteiger partial charge in [0.1, 0.15) is 84.2 Å². The fourth-order valence-corrected chi connectivity index (χ4v) is 5.90. The van der Waals surface area contributed by atoms with Gasteiger partial charge in [-0.25, -0.2) is 4.79 Å². The van der Waals surface area contributed by atoms with Crippen molar-refractivity contribution in [1.29, 1.82) is 0 Å². The van der Waals surface area contributed by atoms with E-state index in [1.54, 1.807) is 0 Å². The lowest BCUT2D eigenvalue weighted by Crippen LogP contribution is -2.60. The van der Waals surface area contributed by atoms with E-state index >= 15 is 0 Å². The van der Waals surface area contributed by atoms with Gasteiger partial charge in [0.15, 0.2) is 17.6 Å². The van der Waals surface area contributed by atoms with Crippen LogP contribution in [0.4, 0.5) is 0 Å². The lowest BCUT2D eigenvalue weighted by molar-refractivity contribution is -0.294. The van der Waals surface area contributed by atoms with Gasteiger partial charge >= 0.3 is 5.97 Å². The first-order valence-electron chi connectivity index (χ1n) is 16.5. The van der Waals surface area contributed by atoms with Crippen LogP contribution < -0.4 is 9.47 Å². The molecule has 54 heavy (non-hydrogen) atoms. The molecule has 0 spiro atoms. The van der Waals surface area contributed by atoms with E-state index in [9.17, 15) is 61.0 Å². The first-order valence-corrected chi connectivity index (χ1v) is 16.5. The van der Waals surface area contributed by atoms with Crippen molar-refractivity contribution < 1.29 is 89.4 Å². The lowest BCUT2D eigenvalue weighted by atomic mass is 9.98. The molecule has 1 unspecified atom stereocenters. The highest BCUT2D eigenvalue weighted by Gasteiger charge is 2.47. The molecule has 0 bridgehead atoms. The molecule has 0 amide bonds. The van der Waals surface area contributed by atoms with Gasteiger partial charge in [0, 0.05) is 23.8 Å². The minimum atomic E-state index is -1.87. The maximum atomic E-state index is 12.5. The number of benzene rings is 3. The van der Waals surface area contributed by atoms with Gasteiger partial charge < -0.3 is 84.6 Å². The molecule has 3 aliphatic rings. The van der Waals surface area contributed by atoms with E-state index in [2.05, 4.69) is 0 Å². The average molecular weight is 759 g/mol. The van der Waals surface area contributed by atoms with Gasteiger partial charge in [0.25, 0.3) is 0 Å². The predicted molar refractivity (Wildman–Crippen MR) is 179 cm³/mol. The summed E-state index contributed by atoms with van der Waals surface area (Å²) in [5.41, 5.74) is 0.808. The molecule has 3 heterocycles. The number of aliphatic hydroxyl groups excluding tert-OH is 7. The Morgan fingerprint density at radius 3 is 2.02 bits per heavy atom. The summed E-state index contributed by atoms with van der Waals surface area (Å²) in [6.45, 7) is -1.35. The molecule has 2 saturated heterocycles. The molecular weight excluding hydrogens is 720 g/mol. The van der Waals surface area contributed by atoms with E-state index < -0.39 is 92.4 Å². The van der Waals surface area contributed by atoms with Gasteiger partial charge in [-0.1, -0.05) is 18.2 Å². The molecule has 0 radical (unpaired) electrons. The van der Waals surface area contributed by atoms with E-state index in [-0.39, 0.29) is 40.1 Å². The topological polar surface area (TPSA) is 295 Å². The van der Waals surface area contributed by atoms with Crippen LogP contribution in [0, 0.1) is 0 Å². The number of rotatable bonds is 10. The summed E-state index contributed by atoms with van der Waals surface area (Å²) in [6, 6.07) is 11.9. The third-order valence-electron chi connectivity index (χ3n) is 8.89. The summed E-state index contributed by atoms with van der Waals surface area (Å²) in [7, 11) is 0. The van der Waals surface area contributed by atoms with Crippen molar-refractivity contribution in [3.8, 4) is 34.5 Å². The van der Waals surface area contributed by atoms with Crippen molar-refractivity contribution in [3.63, 3.8) is 0 Å². The lowest BCUT2D eigenvalue weighted by Gasteiger charge is -2.41. The highest BCUT2D eigenvalue weighted by atomic mass is 16.7. The minimum Gasteiger partial charge on any atom is -0.508 e. The van der Waals surface area contributed by atoms with Crippen LogP contribution in [0.2, 0.25) is 0 Å². The Balaban J connectivity index is 1.26. The van der Waals surface area contributed by atoms with Gasteiger partial charge in [0.05, 0.1) is 12.2 Å². The van der Waals surface area contributed by atoms with Crippen molar-refractivity contribution in [2.75, 3.05) is 13.2 Å². The number of carbonyl (C=O) groups is 1. The Hall–Kier alpha value is -5.15. The van der Waals surface area contributed by atoms with Crippen LogP contribution in [0.3, 0.4) is 0 Å². The monoisotopic (exact) mass is 758 g/mol. The Kier molecular flexibility index (Phi) is 11.5. The zero-order chi connectivity index (χ0) is 38.8. The zero-order valence-electron chi connectivity index (χ0n) is 28.0. The van der Waals surface area contributed by atoms with Gasteiger partial charge in [-0.2, -0.15) is 0 Å². The first kappa shape index (κ1) is 38.6. The summed E-state index contributed by atoms with van der Waals surface area (Å²) >= 11 is 0. The molecule has 3 aromatic rings. The molecule has 0 aromatic heterocycles. The molecule has 11 atom stereocenters. The van der Waals surface area contributed by atoms with E-state index in [1.165, 1.54) is 60.7 Å². The van der Waals surface area contributed by atoms with Crippen LogP contribution in [-0.2, 0) is 23.7 Å². The third-order valence-corrected chi connectivity index (χ3v) is 8.89. The van der Waals surface area contributed by atoms with Crippen molar-refractivity contribution in [2.24, 2.45) is 0 Å². The van der Waals surface area contributed by atoms with E-state index in [1.807, 2.05) is 0 Å². The minimum absolute atomic E-state index is 0.000874. The molecule has 0 saturated carbocycles. The van der Waals surface area contributed by atoms with Crippen molar-refractivity contribution in [3.05, 3.63) is 83.1 Å². The number of fused-ring (bicyclic) bond motifs is 1. The van der Waals surface area contributed by atoms with E-state index in [0.717, 1.165) is 12.1 Å². The number of esters is 1. The Morgan fingerprint density at radius 1 is 0.704 bits per heavy atom. The SMILES string of the molecule is O=C(/C=C/c1ccc(O)c(O)c1)OC[C@H]1O[C@@H](OC2=Cc3c(cc(O)cc3O[C@@H]3O[C@H](CO)[C@@H](O)[C@H](O)[C@H]3O)OC2c2ccc(O)cc2)[C@H](O)[C@H](O)[C@@H]1O. The second-order valence-electron chi connectivity index (χ2n) is 12.7. The molecule has 0 aliphatic carbocycles. The highest BCUT2D eigenvalue weighted by molar-refractivity contribution is 5.87. The standard InChI is InChI=1S/C36H38O18/c37-13-25-28(43)30(45)32(47)35(53-25)51-23-11-18(39)10-22-19(23)12-24(34(50-22)16-3-5-17(38)6-4-16)52-36-33(48)31(46)29(44)26(54-36)14-49-27(42)8-2-15-1-7-20(40)21(41)9-15/h1-12,25-26,28-41,43-48H,13-14H2/b8-2+/t25-,26-,28-,29-,30+,31-,32-,33-,34?,35-,36-/m1/s1. The molecule has 3 aliphatic heterocycles. The summed E-state index contributed by atoms with van der Waals surface area (Å²) in [5.74, 6) is -2.42. The second-order valence-corrected chi connectivity index (χ2v) is 12.7. The smallest absolute Gasteiger partial charge is 0.330 e. The number of hydrogen-bond donors (Lipinski definition) is 11. The number of ether oxygens (including phenoxy) is 6. The van der Waals surface area contributed by atoms with Crippen LogP contribution in [0.5, 0.6) is 34.5 Å². The van der Waals surface area contributed by atoms with Crippen LogP contribution in [0.25, 0.3) is 12.2 Å². The van der Waals surface area contributed by atoms with Gasteiger partial charge in [-0.05, 0) is 42.0 Å². The maximum Gasteiger partial charge on any atom is 0.330 e. The molecule has 6 rings (SSSR count). The van der Waals surface area contributed by atoms with E-state index in [0.29, 0.717) is 11.1 Å². The molecule has 2 fully saturated rings. The fourth-order valence-electron chi connectivity index (χ4n) is 5.90. The summed E-state index contributed by atoms with van der Waals surface area (Å²) in [5, 5.41) is 113. The number of aromatic hydroxyl groups is 4. The van der Waals surface area contributed by atoms with Crippen LogP contribution in [0.1, 0.15) is 22.8 Å². The van der Waals surface area contributed by atoms with Crippen molar-refractivity contribution >= 4 is 18.1 Å². The summed E-state index contributed by atoms with van der Waals surface area (Å²) in [4.78, 5) is 12.5. The van der Waals surface area contributed by atoms with Crippen molar-refractivity contribution in [1.82, 2.24) is 0 Å². The zero-order valence-corrected chi connectivity index (χ0v) is 28.0. The molecular formula is C36H38O18. The van der Waals surface area contributed by atoms with Gasteiger partial charge in [0.2, 0.25) is 12.6 Å². The van der Waals surface area contributed by atoms with Crippen LogP contribution >= 0.6 is 0 Å². The Bertz CT molecular complexity index is 1860. The second kappa shape index (κ2) is 16.1. The molecule has 18 heteroatoms. The molecule has 290 valence electrons. The third kappa shape index (κ3) is 8.16. The Morgan fingerprint density at radius 2 is 1.35 bits per heavy atom. The highest BCUT2D eigenvalue weighted by Crippen LogP contribution is 2.46. The summed E-state index contributed by atoms with van der Waals surface area (Å²) in [6.07, 6.45) is -14.4. The quantitative estimate of drug-likeness (QED) is 0.0688. The van der Waals surface area contributed by atoms with Crippen molar-refractivity contribution in [2.45, 2.75) is 67.5 Å². The van der Waals surface area contributed by atoms with Gasteiger partial charge in [-0.3, -0.25) is 0 Å². The number of carbonyl (C=O) groups excluding carboxylic acids is 1. The molecule has 3 aromatic carbocycles. The molecule has 11 N–H and O–H groups in total. The molecule has 18 nitrogen and oxygen atoms in total. The first-order chi connectivity index (χ1) is 25.7. The van der Waals surface area contributed by atoms with E-state index in [4.69, 9.17) is 28.4 Å². The van der Waals surface area contributed by atoms with Crippen LogP contribution in [-0.4, -0.2) is 137 Å². The number of phenols is 4.